The molecule has 9 nitrogen and oxygen atoms in total. The molecule has 33 heavy (non-hydrogen) atoms. The predicted molar refractivity (Wildman–Crippen MR) is 125 cm³/mol. The zero-order valence-corrected chi connectivity index (χ0v) is 20.0. The monoisotopic (exact) mass is 474 g/mol. The van der Waals surface area contributed by atoms with E-state index in [9.17, 15) is 19.5 Å². The number of aliphatic hydroxyl groups is 1. The number of benzene rings is 1. The summed E-state index contributed by atoms with van der Waals surface area (Å²) >= 11 is 1.57. The molecule has 0 spiro atoms. The van der Waals surface area contributed by atoms with Gasteiger partial charge in [0.05, 0.1) is 22.2 Å². The number of β-amino-alcohol motifs (C(OH)–C–C–N with tert-alkyl or cyclic N) is 1. The van der Waals surface area contributed by atoms with Crippen molar-refractivity contribution in [2.45, 2.75) is 58.8 Å². The lowest BCUT2D eigenvalue weighted by Gasteiger charge is -2.34. The molecule has 178 valence electrons. The van der Waals surface area contributed by atoms with E-state index in [1.54, 1.807) is 37.6 Å². The van der Waals surface area contributed by atoms with Gasteiger partial charge in [-0.2, -0.15) is 0 Å². The van der Waals surface area contributed by atoms with Crippen LogP contribution in [0.3, 0.4) is 0 Å². The molecule has 1 aliphatic heterocycles. The standard InChI is InChI=1S/C23H30N4O5S/c1-13-18(33-12-25-13)15-7-5-14(6-8-15)10-24-20(29)17-9-16(28)11-27(17)21(30)19(23(2,3)4)26-22(31)32/h5-8,12,16-17,19,26,28H,9-11H2,1-4H3,(H,24,29)(H,31,32)/t16-,17-,19+/m0/s1. The number of nitrogens with one attached hydrogen (secondary N) is 2. The van der Waals surface area contributed by atoms with E-state index >= 15 is 0 Å². The Morgan fingerprint density at radius 1 is 1.24 bits per heavy atom. The number of carbonyl (C=O) groups is 3. The van der Waals surface area contributed by atoms with Gasteiger partial charge >= 0.3 is 6.09 Å². The molecule has 4 N–H and O–H groups in total. The molecule has 0 saturated carbocycles. The molecule has 2 aromatic rings. The van der Waals surface area contributed by atoms with Gasteiger partial charge in [-0.25, -0.2) is 9.78 Å². The molecule has 3 atom stereocenters. The molecule has 1 aromatic heterocycles. The Balaban J connectivity index is 1.67. The molecular formula is C23H30N4O5S. The maximum atomic E-state index is 13.1. The first-order valence-electron chi connectivity index (χ1n) is 10.7. The number of thiazole rings is 1. The van der Waals surface area contributed by atoms with Crippen LogP contribution in [0.1, 0.15) is 38.4 Å². The summed E-state index contributed by atoms with van der Waals surface area (Å²) in [6.45, 7) is 7.43. The van der Waals surface area contributed by atoms with Crippen molar-refractivity contribution >= 4 is 29.2 Å². The lowest BCUT2D eigenvalue weighted by Crippen LogP contribution is -2.57. The largest absolute Gasteiger partial charge is 0.465 e. The summed E-state index contributed by atoms with van der Waals surface area (Å²) in [7, 11) is 0. The number of amides is 3. The van der Waals surface area contributed by atoms with Gasteiger partial charge in [-0.15, -0.1) is 11.3 Å². The zero-order chi connectivity index (χ0) is 24.3. The summed E-state index contributed by atoms with van der Waals surface area (Å²) in [5.41, 5.74) is 4.02. The van der Waals surface area contributed by atoms with Crippen LogP contribution in [-0.2, 0) is 16.1 Å². The molecular weight excluding hydrogens is 444 g/mol. The molecule has 10 heteroatoms. The molecule has 0 aliphatic carbocycles. The minimum atomic E-state index is -1.32. The number of aryl methyl sites for hydroxylation is 1. The smallest absolute Gasteiger partial charge is 0.405 e. The van der Waals surface area contributed by atoms with Crippen molar-refractivity contribution in [2.24, 2.45) is 5.41 Å². The Hall–Kier alpha value is -2.98. The Kier molecular flexibility index (Phi) is 7.38. The second-order valence-corrected chi connectivity index (χ2v) is 10.2. The minimum Gasteiger partial charge on any atom is -0.465 e. The van der Waals surface area contributed by atoms with Crippen LogP contribution in [0.25, 0.3) is 10.4 Å². The lowest BCUT2D eigenvalue weighted by atomic mass is 9.85. The summed E-state index contributed by atoms with van der Waals surface area (Å²) in [5.74, 6) is -0.906. The molecule has 3 rings (SSSR count). The number of aromatic nitrogens is 1. The molecule has 1 saturated heterocycles. The molecule has 0 bridgehead atoms. The van der Waals surface area contributed by atoms with Crippen molar-refractivity contribution in [1.82, 2.24) is 20.5 Å². The second-order valence-electron chi connectivity index (χ2n) is 9.33. The van der Waals surface area contributed by atoms with E-state index in [2.05, 4.69) is 15.6 Å². The van der Waals surface area contributed by atoms with E-state index in [-0.39, 0.29) is 25.4 Å². The first-order chi connectivity index (χ1) is 15.5. The Bertz CT molecular complexity index is 1010. The van der Waals surface area contributed by atoms with Crippen LogP contribution >= 0.6 is 11.3 Å². The van der Waals surface area contributed by atoms with Crippen LogP contribution in [-0.4, -0.2) is 62.7 Å². The Labute approximate surface area is 196 Å². The van der Waals surface area contributed by atoms with Gasteiger partial charge in [0.25, 0.3) is 0 Å². The Morgan fingerprint density at radius 2 is 1.91 bits per heavy atom. The molecule has 3 amide bonds. The number of hydrogen-bond acceptors (Lipinski definition) is 6. The van der Waals surface area contributed by atoms with E-state index in [1.807, 2.05) is 31.2 Å². The third kappa shape index (κ3) is 5.88. The van der Waals surface area contributed by atoms with Crippen LogP contribution in [0.4, 0.5) is 4.79 Å². The number of likely N-dealkylation sites (tertiary alicyclic amines) is 1. The average Bonchev–Trinajstić information content (AvgIpc) is 3.35. The number of carbonyl (C=O) groups excluding carboxylic acids is 2. The van der Waals surface area contributed by atoms with Crippen molar-refractivity contribution in [3.8, 4) is 10.4 Å². The zero-order valence-electron chi connectivity index (χ0n) is 19.2. The summed E-state index contributed by atoms with van der Waals surface area (Å²) < 4.78 is 0. The normalized spacial score (nSPS) is 19.2. The van der Waals surface area contributed by atoms with Crippen molar-refractivity contribution in [3.63, 3.8) is 0 Å². The second kappa shape index (κ2) is 9.88. The van der Waals surface area contributed by atoms with E-state index in [0.29, 0.717) is 0 Å². The van der Waals surface area contributed by atoms with Crippen LogP contribution in [0.2, 0.25) is 0 Å². The quantitative estimate of drug-likeness (QED) is 0.508. The topological polar surface area (TPSA) is 132 Å². The number of carboxylic acid groups (broad SMARTS) is 1. The third-order valence-electron chi connectivity index (χ3n) is 5.67. The number of rotatable bonds is 6. The Morgan fingerprint density at radius 3 is 2.45 bits per heavy atom. The van der Waals surface area contributed by atoms with E-state index in [4.69, 9.17) is 5.11 Å². The van der Waals surface area contributed by atoms with Gasteiger partial charge in [0.15, 0.2) is 0 Å². The fourth-order valence-corrected chi connectivity index (χ4v) is 4.72. The minimum absolute atomic E-state index is 0.0201. The number of aliphatic hydroxyl groups excluding tert-OH is 1. The first kappa shape index (κ1) is 24.7. The van der Waals surface area contributed by atoms with Crippen LogP contribution < -0.4 is 10.6 Å². The van der Waals surface area contributed by atoms with Crippen molar-refractivity contribution in [3.05, 3.63) is 41.0 Å². The third-order valence-corrected chi connectivity index (χ3v) is 6.65. The van der Waals surface area contributed by atoms with E-state index in [1.165, 1.54) is 4.90 Å². The van der Waals surface area contributed by atoms with E-state index < -0.39 is 35.6 Å². The van der Waals surface area contributed by atoms with Gasteiger partial charge in [0.1, 0.15) is 12.1 Å². The maximum Gasteiger partial charge on any atom is 0.405 e. The van der Waals surface area contributed by atoms with Gasteiger partial charge in [0.2, 0.25) is 11.8 Å². The van der Waals surface area contributed by atoms with E-state index in [0.717, 1.165) is 21.7 Å². The molecule has 1 aromatic carbocycles. The summed E-state index contributed by atoms with van der Waals surface area (Å²) in [5, 5.41) is 24.4. The SMILES string of the molecule is Cc1ncsc1-c1ccc(CNC(=O)[C@@H]2C[C@H](O)CN2C(=O)[C@@H](NC(=O)O)C(C)(C)C)cc1. The van der Waals surface area contributed by atoms with Gasteiger partial charge in [-0.1, -0.05) is 45.0 Å². The van der Waals surface area contributed by atoms with Crippen molar-refractivity contribution < 1.29 is 24.6 Å². The van der Waals surface area contributed by atoms with Crippen LogP contribution in [0.5, 0.6) is 0 Å². The van der Waals surface area contributed by atoms with Gasteiger partial charge in [-0.3, -0.25) is 9.59 Å². The van der Waals surface area contributed by atoms with Gasteiger partial charge < -0.3 is 25.7 Å². The predicted octanol–water partition coefficient (Wildman–Crippen LogP) is 2.38. The van der Waals surface area contributed by atoms with Gasteiger partial charge in [-0.05, 0) is 23.5 Å². The van der Waals surface area contributed by atoms with Crippen molar-refractivity contribution in [1.29, 1.82) is 0 Å². The highest BCUT2D eigenvalue weighted by Gasteiger charge is 2.44. The highest BCUT2D eigenvalue weighted by atomic mass is 32.1. The molecule has 1 fully saturated rings. The molecule has 0 radical (unpaired) electrons. The fourth-order valence-electron chi connectivity index (χ4n) is 3.90. The number of nitrogens with zero attached hydrogens (tertiary/aromatic N) is 2. The first-order valence-corrected chi connectivity index (χ1v) is 11.6. The number of hydrogen-bond donors (Lipinski definition) is 4. The highest BCUT2D eigenvalue weighted by Crippen LogP contribution is 2.28. The lowest BCUT2D eigenvalue weighted by molar-refractivity contribution is -0.142. The summed E-state index contributed by atoms with van der Waals surface area (Å²) in [6, 6.07) is 5.89. The molecule has 0 unspecified atom stereocenters. The molecule has 2 heterocycles. The van der Waals surface area contributed by atoms with Crippen molar-refractivity contribution in [2.75, 3.05) is 6.54 Å². The fraction of sp³-hybridized carbons (Fsp3) is 0.478. The molecule has 1 aliphatic rings. The highest BCUT2D eigenvalue weighted by molar-refractivity contribution is 7.13. The maximum absolute atomic E-state index is 13.1. The summed E-state index contributed by atoms with van der Waals surface area (Å²) in [4.78, 5) is 43.9. The van der Waals surface area contributed by atoms with Crippen LogP contribution in [0.15, 0.2) is 29.8 Å². The summed E-state index contributed by atoms with van der Waals surface area (Å²) in [6.07, 6.45) is -2.07. The van der Waals surface area contributed by atoms with Crippen LogP contribution in [0, 0.1) is 12.3 Å². The average molecular weight is 475 g/mol. The van der Waals surface area contributed by atoms with Gasteiger partial charge in [0, 0.05) is 19.5 Å².